The van der Waals surface area contributed by atoms with Gasteiger partial charge in [0.05, 0.1) is 11.1 Å². The predicted octanol–water partition coefficient (Wildman–Crippen LogP) is 3.32. The Hall–Kier alpha value is -2.06. The molecule has 0 aliphatic carbocycles. The highest BCUT2D eigenvalue weighted by Gasteiger charge is 2.36. The van der Waals surface area contributed by atoms with Gasteiger partial charge < -0.3 is 10.1 Å². The number of alkyl halides is 6. The molecule has 1 rings (SSSR count). The van der Waals surface area contributed by atoms with Crippen LogP contribution in [0.1, 0.15) is 29.5 Å². The van der Waals surface area contributed by atoms with Crippen LogP contribution in [0, 0.1) is 0 Å². The third-order valence-electron chi connectivity index (χ3n) is 2.63. The van der Waals surface area contributed by atoms with Crippen molar-refractivity contribution in [3.63, 3.8) is 0 Å². The van der Waals surface area contributed by atoms with E-state index in [9.17, 15) is 35.9 Å². The number of aldehydes is 1. The maximum Gasteiger partial charge on any atom is 0.416 e. The Morgan fingerprint density at radius 2 is 1.50 bits per heavy atom. The van der Waals surface area contributed by atoms with E-state index in [1.54, 1.807) is 0 Å². The second-order valence-corrected chi connectivity index (χ2v) is 4.40. The number of nitrogens with one attached hydrogen (secondary N) is 1. The molecular formula is C13H11F6NO2. The van der Waals surface area contributed by atoms with Gasteiger partial charge in [0, 0.05) is 19.4 Å². The Kier molecular flexibility index (Phi) is 5.56. The zero-order valence-corrected chi connectivity index (χ0v) is 11.0. The van der Waals surface area contributed by atoms with E-state index in [1.165, 1.54) is 0 Å². The average molecular weight is 327 g/mol. The monoisotopic (exact) mass is 327 g/mol. The predicted molar refractivity (Wildman–Crippen MR) is 63.6 cm³/mol. The molecule has 0 unspecified atom stereocenters. The zero-order chi connectivity index (χ0) is 17.0. The van der Waals surface area contributed by atoms with E-state index in [-0.39, 0.29) is 24.5 Å². The molecule has 122 valence electrons. The van der Waals surface area contributed by atoms with Crippen molar-refractivity contribution in [1.82, 2.24) is 5.32 Å². The van der Waals surface area contributed by atoms with Crippen LogP contribution in [0.25, 0.3) is 0 Å². The van der Waals surface area contributed by atoms with Crippen molar-refractivity contribution in [1.29, 1.82) is 0 Å². The van der Waals surface area contributed by atoms with Crippen LogP contribution in [0.2, 0.25) is 0 Å². The van der Waals surface area contributed by atoms with Crippen molar-refractivity contribution < 1.29 is 35.9 Å². The number of rotatable bonds is 5. The van der Waals surface area contributed by atoms with Gasteiger partial charge >= 0.3 is 12.4 Å². The Morgan fingerprint density at radius 3 is 1.91 bits per heavy atom. The first-order chi connectivity index (χ1) is 10.0. The van der Waals surface area contributed by atoms with Crippen LogP contribution in [0.4, 0.5) is 26.3 Å². The minimum absolute atomic E-state index is 0.0116. The molecule has 3 nitrogen and oxygen atoms in total. The number of benzene rings is 1. The molecule has 9 heteroatoms. The fourth-order valence-electron chi connectivity index (χ4n) is 1.60. The lowest BCUT2D eigenvalue weighted by Crippen LogP contribution is -2.23. The summed E-state index contributed by atoms with van der Waals surface area (Å²) in [7, 11) is 0. The van der Waals surface area contributed by atoms with Crippen molar-refractivity contribution in [2.45, 2.75) is 31.7 Å². The summed E-state index contributed by atoms with van der Waals surface area (Å²) >= 11 is 0. The third-order valence-corrected chi connectivity index (χ3v) is 2.63. The number of hydrogen-bond donors (Lipinski definition) is 1. The second-order valence-electron chi connectivity index (χ2n) is 4.40. The second kappa shape index (κ2) is 6.80. The Balaban J connectivity index is 2.99. The van der Waals surface area contributed by atoms with Crippen LogP contribution >= 0.6 is 0 Å². The van der Waals surface area contributed by atoms with Crippen molar-refractivity contribution in [2.75, 3.05) is 0 Å². The van der Waals surface area contributed by atoms with Crippen molar-refractivity contribution in [2.24, 2.45) is 0 Å². The van der Waals surface area contributed by atoms with Crippen LogP contribution in [0.15, 0.2) is 18.2 Å². The van der Waals surface area contributed by atoms with Crippen LogP contribution < -0.4 is 5.32 Å². The summed E-state index contributed by atoms with van der Waals surface area (Å²) in [6, 6.07) is 1.09. The highest BCUT2D eigenvalue weighted by molar-refractivity contribution is 5.78. The lowest BCUT2D eigenvalue weighted by molar-refractivity contribution is -0.143. The summed E-state index contributed by atoms with van der Waals surface area (Å²) in [5, 5.41) is 2.16. The van der Waals surface area contributed by atoms with Gasteiger partial charge in [-0.25, -0.2) is 0 Å². The lowest BCUT2D eigenvalue weighted by Gasteiger charge is -2.14. The Morgan fingerprint density at radius 1 is 1.00 bits per heavy atom. The minimum atomic E-state index is -4.93. The number of carbonyl (C=O) groups excluding carboxylic acids is 2. The van der Waals surface area contributed by atoms with Crippen LogP contribution in [-0.4, -0.2) is 12.2 Å². The van der Waals surface area contributed by atoms with Gasteiger partial charge in [-0.3, -0.25) is 4.79 Å². The van der Waals surface area contributed by atoms with Gasteiger partial charge in [0.15, 0.2) is 0 Å². The highest BCUT2D eigenvalue weighted by Crippen LogP contribution is 2.36. The van der Waals surface area contributed by atoms with Gasteiger partial charge in [-0.2, -0.15) is 26.3 Å². The molecule has 0 spiro atoms. The van der Waals surface area contributed by atoms with E-state index in [0.29, 0.717) is 18.4 Å². The third kappa shape index (κ3) is 5.38. The molecule has 0 aromatic heterocycles. The molecule has 0 heterocycles. The normalized spacial score (nSPS) is 12.1. The van der Waals surface area contributed by atoms with E-state index >= 15 is 0 Å². The standard InChI is InChI=1S/C13H11F6NO2/c14-12(15,16)9-4-8(5-10(6-9)13(17,18)19)7-20-11(22)2-1-3-21/h3-6H,1-2,7H2,(H,20,22). The largest absolute Gasteiger partial charge is 0.416 e. The van der Waals surface area contributed by atoms with E-state index in [0.717, 1.165) is 0 Å². The quantitative estimate of drug-likeness (QED) is 0.666. The lowest BCUT2D eigenvalue weighted by atomic mass is 10.0. The first kappa shape index (κ1) is 18.0. The van der Waals surface area contributed by atoms with Gasteiger partial charge in [-0.1, -0.05) is 0 Å². The number of carbonyl (C=O) groups is 2. The molecule has 0 aliphatic heterocycles. The summed E-state index contributed by atoms with van der Waals surface area (Å²) in [5.74, 6) is -0.641. The first-order valence-electron chi connectivity index (χ1n) is 6.02. The van der Waals surface area contributed by atoms with Gasteiger partial charge in [0.25, 0.3) is 0 Å². The molecular weight excluding hydrogens is 316 g/mol. The Bertz CT molecular complexity index is 518. The topological polar surface area (TPSA) is 46.2 Å². The Labute approximate surface area is 121 Å². The molecule has 22 heavy (non-hydrogen) atoms. The summed E-state index contributed by atoms with van der Waals surface area (Å²) in [6.45, 7) is -0.495. The first-order valence-corrected chi connectivity index (χ1v) is 6.02. The van der Waals surface area contributed by atoms with E-state index in [1.807, 2.05) is 0 Å². The SMILES string of the molecule is O=CCCC(=O)NCc1cc(C(F)(F)F)cc(C(F)(F)F)c1. The van der Waals surface area contributed by atoms with Gasteiger partial charge in [-0.15, -0.1) is 0 Å². The highest BCUT2D eigenvalue weighted by atomic mass is 19.4. The molecule has 0 aliphatic rings. The zero-order valence-electron chi connectivity index (χ0n) is 11.0. The smallest absolute Gasteiger partial charge is 0.352 e. The molecule has 1 aromatic carbocycles. The molecule has 0 fully saturated rings. The van der Waals surface area contributed by atoms with Crippen molar-refractivity contribution in [3.05, 3.63) is 34.9 Å². The van der Waals surface area contributed by atoms with Crippen molar-refractivity contribution >= 4 is 12.2 Å². The number of hydrogen-bond acceptors (Lipinski definition) is 2. The summed E-state index contributed by atoms with van der Waals surface area (Å²) in [4.78, 5) is 21.3. The average Bonchev–Trinajstić information content (AvgIpc) is 2.40. The van der Waals surface area contributed by atoms with Crippen molar-refractivity contribution in [3.8, 4) is 0 Å². The number of halogens is 6. The number of amides is 1. The van der Waals surface area contributed by atoms with Gasteiger partial charge in [-0.05, 0) is 23.8 Å². The van der Waals surface area contributed by atoms with Crippen LogP contribution in [0.3, 0.4) is 0 Å². The minimum Gasteiger partial charge on any atom is -0.352 e. The molecule has 0 saturated heterocycles. The molecule has 0 radical (unpaired) electrons. The maximum absolute atomic E-state index is 12.6. The van der Waals surface area contributed by atoms with E-state index in [2.05, 4.69) is 5.32 Å². The van der Waals surface area contributed by atoms with E-state index < -0.39 is 35.9 Å². The molecule has 1 N–H and O–H groups in total. The van der Waals surface area contributed by atoms with Gasteiger partial charge in [0.1, 0.15) is 6.29 Å². The van der Waals surface area contributed by atoms with Crippen LogP contribution in [-0.2, 0) is 28.5 Å². The maximum atomic E-state index is 12.6. The molecule has 0 atom stereocenters. The van der Waals surface area contributed by atoms with Crippen LogP contribution in [0.5, 0.6) is 0 Å². The fraction of sp³-hybridized carbons (Fsp3) is 0.385. The molecule has 1 amide bonds. The van der Waals surface area contributed by atoms with Gasteiger partial charge in [0.2, 0.25) is 5.91 Å². The summed E-state index contributed by atoms with van der Waals surface area (Å²) < 4.78 is 75.6. The molecule has 1 aromatic rings. The summed E-state index contributed by atoms with van der Waals surface area (Å²) in [6.07, 6.45) is -9.66. The summed E-state index contributed by atoms with van der Waals surface area (Å²) in [5.41, 5.74) is -3.22. The molecule has 0 bridgehead atoms. The molecule has 0 saturated carbocycles. The fourth-order valence-corrected chi connectivity index (χ4v) is 1.60. The van der Waals surface area contributed by atoms with E-state index in [4.69, 9.17) is 0 Å².